The molecule has 0 saturated heterocycles. The normalized spacial score (nSPS) is 12.6. The minimum atomic E-state index is -0.431. The van der Waals surface area contributed by atoms with Crippen LogP contribution in [0.25, 0.3) is 65.7 Å². The molecule has 0 spiro atoms. The topological polar surface area (TPSA) is 3.24 Å². The Labute approximate surface area is 362 Å². The third-order valence-electron chi connectivity index (χ3n) is 13.1. The molecule has 290 valence electrons. The third kappa shape index (κ3) is 5.56. The van der Waals surface area contributed by atoms with Crippen LogP contribution in [0.5, 0.6) is 0 Å². The molecule has 0 atom stereocenters. The SMILES string of the molecule is c1ccc(N(c2ccccc2)c2ccc3cc(-c4c5ccccc5c(-c5ccc6c(c5)-c5ccccc5C6(c5ccccc5)c5ccccc5)c5ccccc45)ccc3c2)cc1. The summed E-state index contributed by atoms with van der Waals surface area (Å²) in [7, 11) is 0. The smallest absolute Gasteiger partial charge is 0.0713 e. The Morgan fingerprint density at radius 3 is 1.26 bits per heavy atom. The van der Waals surface area contributed by atoms with Gasteiger partial charge in [0.15, 0.2) is 0 Å². The molecule has 1 nitrogen and oxygen atoms in total. The lowest BCUT2D eigenvalue weighted by Crippen LogP contribution is -2.28. The van der Waals surface area contributed by atoms with Crippen molar-refractivity contribution < 1.29 is 0 Å². The monoisotopic (exact) mass is 787 g/mol. The van der Waals surface area contributed by atoms with E-state index in [4.69, 9.17) is 0 Å². The van der Waals surface area contributed by atoms with Crippen LogP contribution >= 0.6 is 0 Å². The maximum Gasteiger partial charge on any atom is 0.0713 e. The summed E-state index contributed by atoms with van der Waals surface area (Å²) in [5, 5.41) is 7.42. The highest BCUT2D eigenvalue weighted by molar-refractivity contribution is 6.22. The quantitative estimate of drug-likeness (QED) is 0.145. The molecule has 12 rings (SSSR count). The van der Waals surface area contributed by atoms with Crippen molar-refractivity contribution in [3.8, 4) is 33.4 Å². The second-order valence-corrected chi connectivity index (χ2v) is 16.4. The predicted molar refractivity (Wildman–Crippen MR) is 262 cm³/mol. The zero-order valence-electron chi connectivity index (χ0n) is 34.1. The van der Waals surface area contributed by atoms with Crippen molar-refractivity contribution in [3.63, 3.8) is 0 Å². The molecule has 0 saturated carbocycles. The fourth-order valence-corrected chi connectivity index (χ4v) is 10.5. The Hall–Kier alpha value is -8.00. The average molecular weight is 788 g/mol. The van der Waals surface area contributed by atoms with Crippen LogP contribution < -0.4 is 4.90 Å². The molecule has 1 aliphatic carbocycles. The van der Waals surface area contributed by atoms with Crippen molar-refractivity contribution in [3.05, 3.63) is 271 Å². The Balaban J connectivity index is 1.03. The van der Waals surface area contributed by atoms with Crippen LogP contribution in [-0.4, -0.2) is 0 Å². The van der Waals surface area contributed by atoms with Gasteiger partial charge in [-0.1, -0.05) is 200 Å². The maximum atomic E-state index is 2.47. The molecule has 0 N–H and O–H groups in total. The lowest BCUT2D eigenvalue weighted by molar-refractivity contribution is 0.768. The van der Waals surface area contributed by atoms with Gasteiger partial charge in [-0.05, 0) is 136 Å². The standard InChI is InChI=1S/C61H41N/c1-5-19-46(20-6-1)61(47-21-7-2-8-22-47)57-32-18-17-27-51(57)56-41-45(36-38-58(56)61)60-54-30-15-13-28-52(54)59(53-29-14-16-31-55(53)60)44-34-33-43-40-50(37-35-42(43)39-44)62(48-23-9-3-10-24-48)49-25-11-4-12-26-49/h1-41H. The van der Waals surface area contributed by atoms with E-state index in [1.165, 1.54) is 88.0 Å². The van der Waals surface area contributed by atoms with E-state index < -0.39 is 5.41 Å². The summed E-state index contributed by atoms with van der Waals surface area (Å²) >= 11 is 0. The van der Waals surface area contributed by atoms with E-state index in [0.717, 1.165) is 17.1 Å². The zero-order valence-corrected chi connectivity index (χ0v) is 34.1. The van der Waals surface area contributed by atoms with Crippen molar-refractivity contribution in [2.45, 2.75) is 5.41 Å². The van der Waals surface area contributed by atoms with Gasteiger partial charge in [0.2, 0.25) is 0 Å². The van der Waals surface area contributed by atoms with Gasteiger partial charge in [-0.15, -0.1) is 0 Å². The second-order valence-electron chi connectivity index (χ2n) is 16.4. The first-order chi connectivity index (χ1) is 30.8. The summed E-state index contributed by atoms with van der Waals surface area (Å²) in [4.78, 5) is 2.33. The minimum Gasteiger partial charge on any atom is -0.310 e. The largest absolute Gasteiger partial charge is 0.310 e. The van der Waals surface area contributed by atoms with Gasteiger partial charge in [0.25, 0.3) is 0 Å². The van der Waals surface area contributed by atoms with Crippen LogP contribution in [-0.2, 0) is 5.41 Å². The van der Waals surface area contributed by atoms with Gasteiger partial charge in [-0.2, -0.15) is 0 Å². The minimum absolute atomic E-state index is 0.431. The van der Waals surface area contributed by atoms with E-state index in [0.29, 0.717) is 0 Å². The van der Waals surface area contributed by atoms with Crippen LogP contribution in [0.2, 0.25) is 0 Å². The van der Waals surface area contributed by atoms with Gasteiger partial charge in [-0.25, -0.2) is 0 Å². The van der Waals surface area contributed by atoms with Gasteiger partial charge in [0, 0.05) is 17.1 Å². The van der Waals surface area contributed by atoms with Crippen LogP contribution in [0.4, 0.5) is 17.1 Å². The molecule has 62 heavy (non-hydrogen) atoms. The molecule has 0 fully saturated rings. The van der Waals surface area contributed by atoms with Gasteiger partial charge in [0.1, 0.15) is 0 Å². The molecule has 0 radical (unpaired) electrons. The highest BCUT2D eigenvalue weighted by Crippen LogP contribution is 2.57. The van der Waals surface area contributed by atoms with E-state index in [1.54, 1.807) is 0 Å². The Kier molecular flexibility index (Phi) is 8.47. The Bertz CT molecular complexity index is 3310. The van der Waals surface area contributed by atoms with Gasteiger partial charge >= 0.3 is 0 Å². The molecule has 11 aromatic rings. The fraction of sp³-hybridized carbons (Fsp3) is 0.0164. The van der Waals surface area contributed by atoms with Crippen molar-refractivity contribution >= 4 is 49.4 Å². The number of fused-ring (bicyclic) bond motifs is 6. The number of rotatable bonds is 7. The molecule has 1 aliphatic rings. The summed E-state index contributed by atoms with van der Waals surface area (Å²) in [6.07, 6.45) is 0. The summed E-state index contributed by atoms with van der Waals surface area (Å²) < 4.78 is 0. The lowest BCUT2D eigenvalue weighted by Gasteiger charge is -2.33. The van der Waals surface area contributed by atoms with Crippen LogP contribution in [0, 0.1) is 0 Å². The highest BCUT2D eigenvalue weighted by Gasteiger charge is 2.46. The first kappa shape index (κ1) is 35.9. The zero-order chi connectivity index (χ0) is 41.0. The third-order valence-corrected chi connectivity index (χ3v) is 13.1. The van der Waals surface area contributed by atoms with Crippen molar-refractivity contribution in [1.82, 2.24) is 0 Å². The Morgan fingerprint density at radius 2 is 0.694 bits per heavy atom. The second kappa shape index (κ2) is 14.6. The van der Waals surface area contributed by atoms with Crippen molar-refractivity contribution in [2.24, 2.45) is 0 Å². The first-order valence-corrected chi connectivity index (χ1v) is 21.5. The van der Waals surface area contributed by atoms with E-state index in [-0.39, 0.29) is 0 Å². The van der Waals surface area contributed by atoms with E-state index in [9.17, 15) is 0 Å². The highest BCUT2D eigenvalue weighted by atomic mass is 15.1. The van der Waals surface area contributed by atoms with Crippen LogP contribution in [0.3, 0.4) is 0 Å². The van der Waals surface area contributed by atoms with E-state index in [2.05, 4.69) is 254 Å². The van der Waals surface area contributed by atoms with E-state index in [1.807, 2.05) is 0 Å². The van der Waals surface area contributed by atoms with Gasteiger partial charge in [-0.3, -0.25) is 0 Å². The fourth-order valence-electron chi connectivity index (χ4n) is 10.5. The molecule has 0 aliphatic heterocycles. The summed E-state index contributed by atoms with van der Waals surface area (Å²) in [5.74, 6) is 0. The van der Waals surface area contributed by atoms with Crippen molar-refractivity contribution in [2.75, 3.05) is 4.90 Å². The van der Waals surface area contributed by atoms with Crippen LogP contribution in [0.15, 0.2) is 249 Å². The number of hydrogen-bond acceptors (Lipinski definition) is 1. The number of anilines is 3. The molecule has 0 heterocycles. The first-order valence-electron chi connectivity index (χ1n) is 21.5. The molecular weight excluding hydrogens is 747 g/mol. The van der Waals surface area contributed by atoms with Gasteiger partial charge < -0.3 is 4.90 Å². The number of nitrogens with zero attached hydrogens (tertiary/aromatic N) is 1. The number of para-hydroxylation sites is 2. The van der Waals surface area contributed by atoms with Crippen LogP contribution in [0.1, 0.15) is 22.3 Å². The van der Waals surface area contributed by atoms with E-state index >= 15 is 0 Å². The molecule has 0 aromatic heterocycles. The molecule has 0 unspecified atom stereocenters. The molecule has 1 heteroatoms. The van der Waals surface area contributed by atoms with Gasteiger partial charge in [0.05, 0.1) is 5.41 Å². The summed E-state index contributed by atoms with van der Waals surface area (Å²) in [6.45, 7) is 0. The molecule has 0 amide bonds. The molecular formula is C61H41N. The average Bonchev–Trinajstić information content (AvgIpc) is 3.65. The molecule has 0 bridgehead atoms. The summed E-state index contributed by atoms with van der Waals surface area (Å²) in [5.41, 5.74) is 15.7. The number of benzene rings is 11. The predicted octanol–water partition coefficient (Wildman–Crippen LogP) is 16.3. The Morgan fingerprint density at radius 1 is 0.274 bits per heavy atom. The number of hydrogen-bond donors (Lipinski definition) is 0. The maximum absolute atomic E-state index is 2.47. The van der Waals surface area contributed by atoms with Crippen molar-refractivity contribution in [1.29, 1.82) is 0 Å². The lowest BCUT2D eigenvalue weighted by atomic mass is 9.67. The summed E-state index contributed by atoms with van der Waals surface area (Å²) in [6, 6.07) is 91.5. The molecule has 11 aromatic carbocycles.